The Hall–Kier alpha value is -3.53. The molecule has 2 heterocycles. The molecule has 1 aliphatic rings. The number of aromatic nitrogens is 2. The van der Waals surface area contributed by atoms with Crippen LogP contribution < -0.4 is 10.6 Å². The molecule has 0 aliphatic carbocycles. The highest BCUT2D eigenvalue weighted by molar-refractivity contribution is 7.90. The Labute approximate surface area is 178 Å². The molecule has 0 unspecified atom stereocenters. The fraction of sp³-hybridized carbons (Fsp3) is 0.190. The molecule has 8 nitrogen and oxygen atoms in total. The standard InChI is InChI=1S/C21H19FN4O4S/c1-13-4-2-3-5-18(13)26-19(16-11-31(29,30)12-17(16)25-26)24-21(28)20(27)23-10-14-6-8-15(22)9-7-14/h2-9H,10-12H2,1H3,(H,23,27)(H,24,28). The molecule has 0 atom stereocenters. The summed E-state index contributed by atoms with van der Waals surface area (Å²) in [5.41, 5.74) is 2.88. The van der Waals surface area contributed by atoms with E-state index in [9.17, 15) is 22.4 Å². The summed E-state index contributed by atoms with van der Waals surface area (Å²) in [6.45, 7) is 1.90. The summed E-state index contributed by atoms with van der Waals surface area (Å²) in [4.78, 5) is 24.8. The summed E-state index contributed by atoms with van der Waals surface area (Å²) < 4.78 is 38.6. The Bertz CT molecular complexity index is 1280. The molecule has 2 amide bonds. The van der Waals surface area contributed by atoms with E-state index in [2.05, 4.69) is 15.7 Å². The smallest absolute Gasteiger partial charge is 0.314 e. The zero-order valence-electron chi connectivity index (χ0n) is 16.6. The topological polar surface area (TPSA) is 110 Å². The van der Waals surface area contributed by atoms with Gasteiger partial charge in [0.1, 0.15) is 11.6 Å². The van der Waals surface area contributed by atoms with E-state index in [1.165, 1.54) is 28.9 Å². The number of carbonyl (C=O) groups is 2. The molecule has 3 aromatic rings. The summed E-state index contributed by atoms with van der Waals surface area (Å²) in [6, 6.07) is 12.8. The number of rotatable bonds is 4. The van der Waals surface area contributed by atoms with E-state index >= 15 is 0 Å². The number of benzene rings is 2. The molecule has 0 bridgehead atoms. The minimum absolute atomic E-state index is 0.0378. The number of carbonyl (C=O) groups excluding carboxylic acids is 2. The fourth-order valence-electron chi connectivity index (χ4n) is 3.38. The van der Waals surface area contributed by atoms with Crippen LogP contribution in [0.4, 0.5) is 10.2 Å². The van der Waals surface area contributed by atoms with Gasteiger partial charge in [-0.05, 0) is 36.2 Å². The molecule has 1 aliphatic heterocycles. The number of halogens is 1. The maximum absolute atomic E-state index is 13.0. The van der Waals surface area contributed by atoms with E-state index in [1.54, 1.807) is 12.1 Å². The minimum atomic E-state index is -3.36. The van der Waals surface area contributed by atoms with Crippen LogP contribution in [0.25, 0.3) is 5.69 Å². The predicted octanol–water partition coefficient (Wildman–Crippen LogP) is 2.00. The van der Waals surface area contributed by atoms with E-state index in [0.29, 0.717) is 22.5 Å². The molecule has 0 saturated heterocycles. The van der Waals surface area contributed by atoms with Gasteiger partial charge in [-0.1, -0.05) is 30.3 Å². The highest BCUT2D eigenvalue weighted by Crippen LogP contribution is 2.33. The molecule has 0 fully saturated rings. The molecule has 4 rings (SSSR count). The van der Waals surface area contributed by atoms with Gasteiger partial charge in [-0.15, -0.1) is 0 Å². The lowest BCUT2D eigenvalue weighted by Gasteiger charge is -2.13. The third kappa shape index (κ3) is 4.33. The first-order valence-electron chi connectivity index (χ1n) is 9.44. The molecule has 2 aromatic carbocycles. The summed E-state index contributed by atoms with van der Waals surface area (Å²) >= 11 is 0. The van der Waals surface area contributed by atoms with Crippen LogP contribution in [0.1, 0.15) is 22.4 Å². The van der Waals surface area contributed by atoms with Crippen LogP contribution in [0.2, 0.25) is 0 Å². The molecule has 160 valence electrons. The molecule has 2 N–H and O–H groups in total. The number of hydrogen-bond acceptors (Lipinski definition) is 5. The number of nitrogens with one attached hydrogen (secondary N) is 2. The highest BCUT2D eigenvalue weighted by Gasteiger charge is 2.34. The number of hydrogen-bond donors (Lipinski definition) is 2. The van der Waals surface area contributed by atoms with Crippen molar-refractivity contribution in [3.8, 4) is 5.69 Å². The number of para-hydroxylation sites is 1. The zero-order valence-corrected chi connectivity index (χ0v) is 17.4. The molecule has 0 radical (unpaired) electrons. The lowest BCUT2D eigenvalue weighted by molar-refractivity contribution is -0.136. The Morgan fingerprint density at radius 1 is 1.06 bits per heavy atom. The normalized spacial score (nSPS) is 14.1. The van der Waals surface area contributed by atoms with E-state index < -0.39 is 27.5 Å². The minimum Gasteiger partial charge on any atom is -0.344 e. The summed E-state index contributed by atoms with van der Waals surface area (Å²) in [7, 11) is -3.36. The van der Waals surface area contributed by atoms with Crippen LogP contribution in [0, 0.1) is 12.7 Å². The Balaban J connectivity index is 1.58. The molecule has 1 aromatic heterocycles. The van der Waals surface area contributed by atoms with E-state index in [-0.39, 0.29) is 23.9 Å². The maximum atomic E-state index is 13.0. The van der Waals surface area contributed by atoms with Crippen LogP contribution in [0.3, 0.4) is 0 Å². The first-order valence-corrected chi connectivity index (χ1v) is 11.3. The van der Waals surface area contributed by atoms with Crippen LogP contribution >= 0.6 is 0 Å². The van der Waals surface area contributed by atoms with Crippen LogP contribution in [-0.4, -0.2) is 30.0 Å². The van der Waals surface area contributed by atoms with Gasteiger partial charge in [0.05, 0.1) is 22.9 Å². The number of anilines is 1. The van der Waals surface area contributed by atoms with Gasteiger partial charge in [0.25, 0.3) is 0 Å². The van der Waals surface area contributed by atoms with Crippen molar-refractivity contribution in [1.29, 1.82) is 0 Å². The lowest BCUT2D eigenvalue weighted by Crippen LogP contribution is -2.35. The summed E-state index contributed by atoms with van der Waals surface area (Å²) in [5, 5.41) is 9.38. The van der Waals surface area contributed by atoms with Crippen LogP contribution in [0.5, 0.6) is 0 Å². The molecular formula is C21H19FN4O4S. The van der Waals surface area contributed by atoms with Gasteiger partial charge in [0.15, 0.2) is 9.84 Å². The molecule has 0 spiro atoms. The number of fused-ring (bicyclic) bond motifs is 1. The largest absolute Gasteiger partial charge is 0.344 e. The van der Waals surface area contributed by atoms with Gasteiger partial charge in [0.2, 0.25) is 0 Å². The van der Waals surface area contributed by atoms with Crippen molar-refractivity contribution in [2.24, 2.45) is 0 Å². The van der Waals surface area contributed by atoms with Crippen molar-refractivity contribution >= 4 is 27.5 Å². The second-order valence-electron chi connectivity index (χ2n) is 7.27. The second kappa shape index (κ2) is 7.95. The Kier molecular flexibility index (Phi) is 5.32. The first kappa shape index (κ1) is 20.7. The third-order valence-corrected chi connectivity index (χ3v) is 6.38. The van der Waals surface area contributed by atoms with Crippen molar-refractivity contribution < 1.29 is 22.4 Å². The average molecular weight is 442 g/mol. The lowest BCUT2D eigenvalue weighted by atomic mass is 10.2. The summed E-state index contributed by atoms with van der Waals surface area (Å²) in [5.74, 6) is -2.59. The quantitative estimate of drug-likeness (QED) is 0.601. The van der Waals surface area contributed by atoms with E-state index in [4.69, 9.17) is 0 Å². The average Bonchev–Trinajstić information content (AvgIpc) is 3.20. The van der Waals surface area contributed by atoms with E-state index in [1.807, 2.05) is 19.1 Å². The van der Waals surface area contributed by atoms with Crippen molar-refractivity contribution in [3.05, 3.63) is 76.7 Å². The zero-order chi connectivity index (χ0) is 22.2. The highest BCUT2D eigenvalue weighted by atomic mass is 32.2. The Morgan fingerprint density at radius 2 is 1.77 bits per heavy atom. The monoisotopic (exact) mass is 442 g/mol. The predicted molar refractivity (Wildman–Crippen MR) is 112 cm³/mol. The molecule has 31 heavy (non-hydrogen) atoms. The first-order chi connectivity index (χ1) is 14.7. The van der Waals surface area contributed by atoms with Crippen molar-refractivity contribution in [2.75, 3.05) is 5.32 Å². The maximum Gasteiger partial charge on any atom is 0.314 e. The van der Waals surface area contributed by atoms with Crippen molar-refractivity contribution in [1.82, 2.24) is 15.1 Å². The van der Waals surface area contributed by atoms with Gasteiger partial charge in [-0.3, -0.25) is 9.59 Å². The van der Waals surface area contributed by atoms with Crippen LogP contribution in [-0.2, 0) is 37.5 Å². The summed E-state index contributed by atoms with van der Waals surface area (Å²) in [6.07, 6.45) is 0. The molecule has 10 heteroatoms. The second-order valence-corrected chi connectivity index (χ2v) is 9.33. The van der Waals surface area contributed by atoms with Gasteiger partial charge in [0, 0.05) is 12.1 Å². The fourth-order valence-corrected chi connectivity index (χ4v) is 4.87. The van der Waals surface area contributed by atoms with Gasteiger partial charge < -0.3 is 10.6 Å². The van der Waals surface area contributed by atoms with Gasteiger partial charge >= 0.3 is 11.8 Å². The number of aryl methyl sites for hydroxylation is 1. The van der Waals surface area contributed by atoms with E-state index in [0.717, 1.165) is 5.56 Å². The van der Waals surface area contributed by atoms with Crippen molar-refractivity contribution in [2.45, 2.75) is 25.0 Å². The number of nitrogens with zero attached hydrogens (tertiary/aromatic N) is 2. The molecule has 0 saturated carbocycles. The van der Waals surface area contributed by atoms with Crippen molar-refractivity contribution in [3.63, 3.8) is 0 Å². The molecular weight excluding hydrogens is 423 g/mol. The van der Waals surface area contributed by atoms with Crippen LogP contribution in [0.15, 0.2) is 48.5 Å². The third-order valence-electron chi connectivity index (χ3n) is 4.94. The number of sulfone groups is 1. The van der Waals surface area contributed by atoms with Gasteiger partial charge in [-0.2, -0.15) is 5.10 Å². The number of amides is 2. The SMILES string of the molecule is Cc1ccccc1-n1nc2c(c1NC(=O)C(=O)NCc1ccc(F)cc1)CS(=O)(=O)C2. The Morgan fingerprint density at radius 3 is 2.48 bits per heavy atom. The van der Waals surface area contributed by atoms with Gasteiger partial charge in [-0.25, -0.2) is 17.5 Å².